The zero-order valence-corrected chi connectivity index (χ0v) is 12.7. The zero-order valence-electron chi connectivity index (χ0n) is 12.7. The average Bonchev–Trinajstić information content (AvgIpc) is 2.81. The third kappa shape index (κ3) is 2.91. The van der Waals surface area contributed by atoms with Gasteiger partial charge in [-0.25, -0.2) is 4.79 Å². The molecule has 0 atom stereocenters. The van der Waals surface area contributed by atoms with E-state index in [-0.39, 0.29) is 17.9 Å². The fraction of sp³-hybridized carbons (Fsp3) is 0.500. The van der Waals surface area contributed by atoms with Gasteiger partial charge in [-0.2, -0.15) is 5.10 Å². The quantitative estimate of drug-likeness (QED) is 0.861. The summed E-state index contributed by atoms with van der Waals surface area (Å²) >= 11 is 0. The van der Waals surface area contributed by atoms with Crippen molar-refractivity contribution >= 4 is 5.69 Å². The molecule has 21 heavy (non-hydrogen) atoms. The van der Waals surface area contributed by atoms with Crippen molar-refractivity contribution in [2.75, 3.05) is 5.73 Å². The molecule has 2 rings (SSSR count). The molecule has 0 unspecified atom stereocenters. The summed E-state index contributed by atoms with van der Waals surface area (Å²) in [7, 11) is 1.80. The molecule has 0 aliphatic rings. The number of aryl methyl sites for hydroxylation is 3. The van der Waals surface area contributed by atoms with Crippen LogP contribution in [0.1, 0.15) is 31.7 Å². The molecule has 2 aromatic heterocycles. The van der Waals surface area contributed by atoms with E-state index < -0.39 is 5.56 Å². The third-order valence-corrected chi connectivity index (χ3v) is 3.44. The van der Waals surface area contributed by atoms with Gasteiger partial charge in [0, 0.05) is 19.8 Å². The SMILES string of the molecule is CCCn1cc(N)c(=O)n(Cc2cc(CC)nn2C)c1=O. The molecule has 114 valence electrons. The minimum Gasteiger partial charge on any atom is -0.393 e. The Morgan fingerprint density at radius 1 is 1.29 bits per heavy atom. The van der Waals surface area contributed by atoms with E-state index in [9.17, 15) is 9.59 Å². The molecule has 0 aliphatic carbocycles. The van der Waals surface area contributed by atoms with Crippen molar-refractivity contribution in [3.05, 3.63) is 44.5 Å². The monoisotopic (exact) mass is 291 g/mol. The number of nitrogens with two attached hydrogens (primary N) is 1. The first-order chi connectivity index (χ1) is 9.97. The third-order valence-electron chi connectivity index (χ3n) is 3.44. The molecule has 0 fully saturated rings. The average molecular weight is 291 g/mol. The minimum absolute atomic E-state index is 0.0842. The number of nitrogen functional groups attached to an aromatic ring is 1. The Morgan fingerprint density at radius 2 is 2.00 bits per heavy atom. The summed E-state index contributed by atoms with van der Waals surface area (Å²) in [5.41, 5.74) is 6.76. The standard InChI is InChI=1S/C14H21N5O2/c1-4-6-18-9-12(15)13(20)19(14(18)21)8-11-7-10(5-2)16-17(11)3/h7,9H,4-6,8,15H2,1-3H3. The summed E-state index contributed by atoms with van der Waals surface area (Å²) in [5.74, 6) is 0. The highest BCUT2D eigenvalue weighted by Crippen LogP contribution is 2.05. The lowest BCUT2D eigenvalue weighted by Crippen LogP contribution is -2.41. The van der Waals surface area contributed by atoms with Crippen LogP contribution in [0, 0.1) is 0 Å². The molecule has 0 aliphatic heterocycles. The fourth-order valence-electron chi connectivity index (χ4n) is 2.27. The van der Waals surface area contributed by atoms with Crippen molar-refractivity contribution in [3.63, 3.8) is 0 Å². The molecule has 0 aromatic carbocycles. The van der Waals surface area contributed by atoms with E-state index in [1.807, 2.05) is 19.9 Å². The Morgan fingerprint density at radius 3 is 2.57 bits per heavy atom. The van der Waals surface area contributed by atoms with Gasteiger partial charge in [0.15, 0.2) is 0 Å². The summed E-state index contributed by atoms with van der Waals surface area (Å²) < 4.78 is 4.34. The van der Waals surface area contributed by atoms with Gasteiger partial charge in [-0.05, 0) is 18.9 Å². The molecule has 2 aromatic rings. The van der Waals surface area contributed by atoms with E-state index in [2.05, 4.69) is 5.10 Å². The maximum Gasteiger partial charge on any atom is 0.331 e. The van der Waals surface area contributed by atoms with Crippen molar-refractivity contribution in [2.45, 2.75) is 39.8 Å². The van der Waals surface area contributed by atoms with Gasteiger partial charge in [0.2, 0.25) is 0 Å². The molecule has 0 spiro atoms. The molecule has 2 N–H and O–H groups in total. The Hall–Kier alpha value is -2.31. The first kappa shape index (κ1) is 15.1. The number of hydrogen-bond acceptors (Lipinski definition) is 4. The number of nitrogens with zero attached hydrogens (tertiary/aromatic N) is 4. The van der Waals surface area contributed by atoms with E-state index in [0.717, 1.165) is 24.2 Å². The molecule has 0 bridgehead atoms. The molecule has 0 radical (unpaired) electrons. The van der Waals surface area contributed by atoms with Gasteiger partial charge in [0.25, 0.3) is 5.56 Å². The van der Waals surface area contributed by atoms with Crippen molar-refractivity contribution < 1.29 is 0 Å². The number of aromatic nitrogens is 4. The molecule has 7 nitrogen and oxygen atoms in total. The largest absolute Gasteiger partial charge is 0.393 e. The molecule has 2 heterocycles. The van der Waals surface area contributed by atoms with Gasteiger partial charge in [-0.3, -0.25) is 18.6 Å². The van der Waals surface area contributed by atoms with Gasteiger partial charge in [0.05, 0.1) is 17.9 Å². The predicted molar refractivity (Wildman–Crippen MR) is 81.4 cm³/mol. The Bertz CT molecular complexity index is 754. The summed E-state index contributed by atoms with van der Waals surface area (Å²) in [6.07, 6.45) is 3.02. The van der Waals surface area contributed by atoms with E-state index in [4.69, 9.17) is 5.73 Å². The smallest absolute Gasteiger partial charge is 0.331 e. The highest BCUT2D eigenvalue weighted by atomic mass is 16.2. The zero-order chi connectivity index (χ0) is 15.6. The van der Waals surface area contributed by atoms with Gasteiger partial charge < -0.3 is 5.73 Å². The van der Waals surface area contributed by atoms with Crippen LogP contribution in [0.3, 0.4) is 0 Å². The lowest BCUT2D eigenvalue weighted by Gasteiger charge is -2.10. The number of rotatable bonds is 5. The Labute approximate surface area is 122 Å². The maximum absolute atomic E-state index is 12.4. The second kappa shape index (κ2) is 5.99. The Balaban J connectivity index is 2.50. The topological polar surface area (TPSA) is 87.8 Å². The summed E-state index contributed by atoms with van der Waals surface area (Å²) in [6, 6.07) is 1.90. The summed E-state index contributed by atoms with van der Waals surface area (Å²) in [4.78, 5) is 24.5. The molecular weight excluding hydrogens is 270 g/mol. The summed E-state index contributed by atoms with van der Waals surface area (Å²) in [6.45, 7) is 4.69. The second-order valence-electron chi connectivity index (χ2n) is 5.06. The van der Waals surface area contributed by atoms with Crippen LogP contribution in [0.4, 0.5) is 5.69 Å². The van der Waals surface area contributed by atoms with E-state index in [1.54, 1.807) is 11.7 Å². The van der Waals surface area contributed by atoms with Crippen LogP contribution in [-0.2, 0) is 26.6 Å². The minimum atomic E-state index is -0.452. The van der Waals surface area contributed by atoms with Crippen molar-refractivity contribution in [1.29, 1.82) is 0 Å². The lowest BCUT2D eigenvalue weighted by atomic mass is 10.3. The first-order valence-corrected chi connectivity index (χ1v) is 7.09. The van der Waals surface area contributed by atoms with Crippen LogP contribution in [0.2, 0.25) is 0 Å². The normalized spacial score (nSPS) is 11.0. The van der Waals surface area contributed by atoms with Crippen LogP contribution in [0.25, 0.3) is 0 Å². The predicted octanol–water partition coefficient (Wildman–Crippen LogP) is 0.346. The Kier molecular flexibility index (Phi) is 4.30. The van der Waals surface area contributed by atoms with Gasteiger partial charge >= 0.3 is 5.69 Å². The molecule has 0 saturated carbocycles. The van der Waals surface area contributed by atoms with Crippen LogP contribution >= 0.6 is 0 Å². The highest BCUT2D eigenvalue weighted by molar-refractivity contribution is 5.31. The van der Waals surface area contributed by atoms with E-state index >= 15 is 0 Å². The molecule has 0 saturated heterocycles. The molecular formula is C14H21N5O2. The summed E-state index contributed by atoms with van der Waals surface area (Å²) in [5, 5.41) is 4.33. The molecule has 0 amide bonds. The van der Waals surface area contributed by atoms with Crippen molar-refractivity contribution in [1.82, 2.24) is 18.9 Å². The molecule has 7 heteroatoms. The van der Waals surface area contributed by atoms with Crippen molar-refractivity contribution in [3.8, 4) is 0 Å². The number of hydrogen-bond donors (Lipinski definition) is 1. The number of anilines is 1. The van der Waals surface area contributed by atoms with Crippen LogP contribution in [-0.4, -0.2) is 18.9 Å². The van der Waals surface area contributed by atoms with Gasteiger partial charge in [-0.1, -0.05) is 13.8 Å². The van der Waals surface area contributed by atoms with Crippen molar-refractivity contribution in [2.24, 2.45) is 7.05 Å². The highest BCUT2D eigenvalue weighted by Gasteiger charge is 2.12. The van der Waals surface area contributed by atoms with Crippen LogP contribution in [0.5, 0.6) is 0 Å². The first-order valence-electron chi connectivity index (χ1n) is 7.09. The van der Waals surface area contributed by atoms with E-state index in [1.165, 1.54) is 15.3 Å². The fourth-order valence-corrected chi connectivity index (χ4v) is 2.27. The van der Waals surface area contributed by atoms with Gasteiger partial charge in [-0.15, -0.1) is 0 Å². The van der Waals surface area contributed by atoms with Gasteiger partial charge in [0.1, 0.15) is 5.69 Å². The van der Waals surface area contributed by atoms with Crippen LogP contribution < -0.4 is 17.0 Å². The second-order valence-corrected chi connectivity index (χ2v) is 5.06. The lowest BCUT2D eigenvalue weighted by molar-refractivity contribution is 0.557. The van der Waals surface area contributed by atoms with Crippen LogP contribution in [0.15, 0.2) is 21.9 Å². The van der Waals surface area contributed by atoms with E-state index in [0.29, 0.717) is 6.54 Å². The maximum atomic E-state index is 12.4.